The van der Waals surface area contributed by atoms with Gasteiger partial charge in [0.05, 0.1) is 0 Å². The minimum absolute atomic E-state index is 0.164. The number of nitrogens with one attached hydrogen (secondary N) is 2. The number of nitrogens with zero attached hydrogens (tertiary/aromatic N) is 1. The molecule has 2 amide bonds. The standard InChI is InChI=1S/C13H17N3O4/c1-16(2)6-5-14-12(17)13(18)15-9-3-4-10-11(7-9)20-8-19-10/h3-4,7H,5-6,8H2,1-2H3,(H,14,17)(H,15,18). The average Bonchev–Trinajstić information content (AvgIpc) is 2.85. The zero-order chi connectivity index (χ0) is 14.5. The number of ether oxygens (including phenoxy) is 2. The van der Waals surface area contributed by atoms with E-state index in [-0.39, 0.29) is 6.79 Å². The van der Waals surface area contributed by atoms with Gasteiger partial charge in [0.25, 0.3) is 0 Å². The fraction of sp³-hybridized carbons (Fsp3) is 0.385. The first kappa shape index (κ1) is 14.1. The van der Waals surface area contributed by atoms with E-state index >= 15 is 0 Å². The molecule has 1 heterocycles. The Hall–Kier alpha value is -2.28. The minimum Gasteiger partial charge on any atom is -0.454 e. The Kier molecular flexibility index (Phi) is 4.41. The first-order valence-corrected chi connectivity index (χ1v) is 6.20. The molecule has 0 unspecified atom stereocenters. The molecule has 0 saturated carbocycles. The van der Waals surface area contributed by atoms with Crippen LogP contribution in [-0.2, 0) is 9.59 Å². The van der Waals surface area contributed by atoms with Crippen LogP contribution in [0.1, 0.15) is 0 Å². The van der Waals surface area contributed by atoms with Crippen molar-refractivity contribution < 1.29 is 19.1 Å². The van der Waals surface area contributed by atoms with Crippen LogP contribution in [0.2, 0.25) is 0 Å². The number of benzene rings is 1. The molecule has 0 bridgehead atoms. The van der Waals surface area contributed by atoms with Crippen molar-refractivity contribution >= 4 is 17.5 Å². The summed E-state index contributed by atoms with van der Waals surface area (Å²) in [6.07, 6.45) is 0. The van der Waals surface area contributed by atoms with Crippen LogP contribution >= 0.6 is 0 Å². The van der Waals surface area contributed by atoms with Crippen LogP contribution < -0.4 is 20.1 Å². The summed E-state index contributed by atoms with van der Waals surface area (Å²) in [5.74, 6) is -0.193. The maximum Gasteiger partial charge on any atom is 0.313 e. The van der Waals surface area contributed by atoms with Crippen LogP contribution in [-0.4, -0.2) is 50.7 Å². The van der Waals surface area contributed by atoms with Crippen molar-refractivity contribution in [1.82, 2.24) is 10.2 Å². The molecular weight excluding hydrogens is 262 g/mol. The third-order valence-corrected chi connectivity index (χ3v) is 2.68. The molecule has 0 aliphatic carbocycles. The van der Waals surface area contributed by atoms with Gasteiger partial charge in [0.1, 0.15) is 0 Å². The number of hydrogen-bond acceptors (Lipinski definition) is 5. The minimum atomic E-state index is -0.706. The number of rotatable bonds is 4. The van der Waals surface area contributed by atoms with Gasteiger partial charge in [-0.15, -0.1) is 0 Å². The number of carbonyl (C=O) groups excluding carboxylic acids is 2. The first-order valence-electron chi connectivity index (χ1n) is 6.20. The van der Waals surface area contributed by atoms with Crippen LogP contribution in [0.4, 0.5) is 5.69 Å². The number of fused-ring (bicyclic) bond motifs is 1. The third-order valence-electron chi connectivity index (χ3n) is 2.68. The molecule has 0 fully saturated rings. The second-order valence-corrected chi connectivity index (χ2v) is 4.58. The number of anilines is 1. The van der Waals surface area contributed by atoms with Gasteiger partial charge in [-0.3, -0.25) is 9.59 Å². The molecule has 1 aliphatic heterocycles. The monoisotopic (exact) mass is 279 g/mol. The van der Waals surface area contributed by atoms with Crippen molar-refractivity contribution in [3.63, 3.8) is 0 Å². The highest BCUT2D eigenvalue weighted by molar-refractivity contribution is 6.39. The van der Waals surface area contributed by atoms with Crippen LogP contribution in [0.15, 0.2) is 18.2 Å². The molecule has 0 aromatic heterocycles. The molecule has 2 N–H and O–H groups in total. The van der Waals surface area contributed by atoms with Gasteiger partial charge in [-0.05, 0) is 26.2 Å². The second kappa shape index (κ2) is 6.25. The summed E-state index contributed by atoms with van der Waals surface area (Å²) >= 11 is 0. The van der Waals surface area contributed by atoms with Gasteiger partial charge in [-0.1, -0.05) is 0 Å². The van der Waals surface area contributed by atoms with Crippen LogP contribution in [0, 0.1) is 0 Å². The van der Waals surface area contributed by atoms with E-state index in [1.165, 1.54) is 0 Å². The van der Waals surface area contributed by atoms with Crippen molar-refractivity contribution in [3.05, 3.63) is 18.2 Å². The highest BCUT2D eigenvalue weighted by Crippen LogP contribution is 2.34. The predicted molar refractivity (Wildman–Crippen MR) is 72.8 cm³/mol. The van der Waals surface area contributed by atoms with Gasteiger partial charge >= 0.3 is 11.8 Å². The first-order chi connectivity index (χ1) is 9.56. The summed E-state index contributed by atoms with van der Waals surface area (Å²) in [7, 11) is 3.78. The molecular formula is C13H17N3O4. The lowest BCUT2D eigenvalue weighted by Crippen LogP contribution is -2.38. The Morgan fingerprint density at radius 1 is 1.20 bits per heavy atom. The summed E-state index contributed by atoms with van der Waals surface area (Å²) in [4.78, 5) is 25.2. The number of hydrogen-bond donors (Lipinski definition) is 2. The summed E-state index contributed by atoms with van der Waals surface area (Å²) in [6.45, 7) is 1.25. The number of likely N-dealkylation sites (N-methyl/N-ethyl adjacent to an activating group) is 1. The van der Waals surface area contributed by atoms with E-state index in [1.807, 2.05) is 19.0 Å². The van der Waals surface area contributed by atoms with Crippen LogP contribution in [0.5, 0.6) is 11.5 Å². The van der Waals surface area contributed by atoms with Gasteiger partial charge in [-0.25, -0.2) is 0 Å². The van der Waals surface area contributed by atoms with Crippen LogP contribution in [0.25, 0.3) is 0 Å². The SMILES string of the molecule is CN(C)CCNC(=O)C(=O)Nc1ccc2c(c1)OCO2. The summed E-state index contributed by atoms with van der Waals surface area (Å²) < 4.78 is 10.4. The third kappa shape index (κ3) is 3.61. The summed E-state index contributed by atoms with van der Waals surface area (Å²) in [5, 5.41) is 5.05. The molecule has 0 saturated heterocycles. The Bertz CT molecular complexity index is 516. The van der Waals surface area contributed by atoms with Gasteiger partial charge in [0, 0.05) is 24.8 Å². The zero-order valence-corrected chi connectivity index (χ0v) is 11.4. The summed E-state index contributed by atoms with van der Waals surface area (Å²) in [5.41, 5.74) is 0.488. The average molecular weight is 279 g/mol. The number of carbonyl (C=O) groups is 2. The molecule has 0 radical (unpaired) electrons. The maximum absolute atomic E-state index is 11.7. The predicted octanol–water partition coefficient (Wildman–Crippen LogP) is 0.0316. The smallest absolute Gasteiger partial charge is 0.313 e. The summed E-state index contributed by atoms with van der Waals surface area (Å²) in [6, 6.07) is 4.95. The second-order valence-electron chi connectivity index (χ2n) is 4.58. The van der Waals surface area contributed by atoms with E-state index in [2.05, 4.69) is 10.6 Å². The Labute approximate surface area is 116 Å². The topological polar surface area (TPSA) is 79.9 Å². The molecule has 2 rings (SSSR count). The normalized spacial score (nSPS) is 12.3. The molecule has 0 atom stereocenters. The largest absolute Gasteiger partial charge is 0.454 e. The lowest BCUT2D eigenvalue weighted by Gasteiger charge is -2.10. The van der Waals surface area contributed by atoms with Crippen molar-refractivity contribution in [1.29, 1.82) is 0 Å². The molecule has 0 spiro atoms. The lowest BCUT2D eigenvalue weighted by molar-refractivity contribution is -0.136. The maximum atomic E-state index is 11.7. The van der Waals surface area contributed by atoms with Crippen molar-refractivity contribution in [2.45, 2.75) is 0 Å². The number of amides is 2. The highest BCUT2D eigenvalue weighted by Gasteiger charge is 2.17. The van der Waals surface area contributed by atoms with Gasteiger partial charge in [0.2, 0.25) is 6.79 Å². The van der Waals surface area contributed by atoms with Gasteiger partial charge < -0.3 is 25.0 Å². The molecule has 7 nitrogen and oxygen atoms in total. The van der Waals surface area contributed by atoms with E-state index in [1.54, 1.807) is 18.2 Å². The van der Waals surface area contributed by atoms with E-state index < -0.39 is 11.8 Å². The van der Waals surface area contributed by atoms with E-state index in [4.69, 9.17) is 9.47 Å². The van der Waals surface area contributed by atoms with Crippen molar-refractivity contribution in [2.75, 3.05) is 39.3 Å². The molecule has 1 aliphatic rings. The van der Waals surface area contributed by atoms with Crippen molar-refractivity contribution in [2.24, 2.45) is 0 Å². The fourth-order valence-corrected chi connectivity index (χ4v) is 1.64. The molecule has 108 valence electrons. The molecule has 20 heavy (non-hydrogen) atoms. The van der Waals surface area contributed by atoms with Gasteiger partial charge in [-0.2, -0.15) is 0 Å². The Balaban J connectivity index is 1.86. The fourth-order valence-electron chi connectivity index (χ4n) is 1.64. The molecule has 7 heteroatoms. The van der Waals surface area contributed by atoms with Gasteiger partial charge in [0.15, 0.2) is 11.5 Å². The van der Waals surface area contributed by atoms with Crippen LogP contribution in [0.3, 0.4) is 0 Å². The van der Waals surface area contributed by atoms with Crippen molar-refractivity contribution in [3.8, 4) is 11.5 Å². The molecule has 1 aromatic carbocycles. The molecule has 1 aromatic rings. The Morgan fingerprint density at radius 3 is 2.70 bits per heavy atom. The van der Waals surface area contributed by atoms with E-state index in [0.29, 0.717) is 30.3 Å². The zero-order valence-electron chi connectivity index (χ0n) is 11.4. The van der Waals surface area contributed by atoms with E-state index in [0.717, 1.165) is 0 Å². The lowest BCUT2D eigenvalue weighted by atomic mass is 10.2. The highest BCUT2D eigenvalue weighted by atomic mass is 16.7. The quantitative estimate of drug-likeness (QED) is 0.760. The van der Waals surface area contributed by atoms with E-state index in [9.17, 15) is 9.59 Å². The Morgan fingerprint density at radius 2 is 1.95 bits per heavy atom.